The van der Waals surface area contributed by atoms with Crippen molar-refractivity contribution < 1.29 is 24.3 Å². The molecule has 1 heterocycles. The number of ether oxygens (including phenoxy) is 2. The number of amides is 1. The van der Waals surface area contributed by atoms with E-state index in [1.165, 1.54) is 10.5 Å². The topological polar surface area (TPSA) is 72.2 Å². The lowest BCUT2D eigenvalue weighted by molar-refractivity contribution is -0.937. The molecule has 1 aliphatic carbocycles. The summed E-state index contributed by atoms with van der Waals surface area (Å²) in [7, 11) is 3.33. The summed E-state index contributed by atoms with van der Waals surface area (Å²) in [5, 5.41) is 14.7. The Hall–Kier alpha value is -2.57. The second kappa shape index (κ2) is 9.74. The highest BCUT2D eigenvalue weighted by Crippen LogP contribution is 2.46. The molecule has 0 radical (unpaired) electrons. The van der Waals surface area contributed by atoms with Gasteiger partial charge in [-0.05, 0) is 56.5 Å². The van der Waals surface area contributed by atoms with E-state index in [0.29, 0.717) is 13.0 Å². The minimum absolute atomic E-state index is 0.00920. The summed E-state index contributed by atoms with van der Waals surface area (Å²) in [5.74, 6) is 1.60. The quantitative estimate of drug-likeness (QED) is 0.628. The van der Waals surface area contributed by atoms with Crippen molar-refractivity contribution >= 4 is 11.6 Å². The van der Waals surface area contributed by atoms with E-state index in [-0.39, 0.29) is 17.9 Å². The van der Waals surface area contributed by atoms with E-state index < -0.39 is 5.60 Å². The number of quaternary nitrogens is 1. The number of rotatable bonds is 6. The van der Waals surface area contributed by atoms with Crippen molar-refractivity contribution in [3.05, 3.63) is 53.1 Å². The summed E-state index contributed by atoms with van der Waals surface area (Å²) in [6.07, 6.45) is 4.63. The maximum absolute atomic E-state index is 13.2. The van der Waals surface area contributed by atoms with Crippen LogP contribution in [0.3, 0.4) is 0 Å². The Bertz CT molecular complexity index is 1010. The third-order valence-electron chi connectivity index (χ3n) is 7.60. The lowest BCUT2D eigenvalue weighted by Crippen LogP contribution is -3.16. The van der Waals surface area contributed by atoms with Crippen LogP contribution in [0.4, 0.5) is 5.69 Å². The molecule has 1 amide bonds. The highest BCUT2D eigenvalue weighted by molar-refractivity contribution is 5.92. The summed E-state index contributed by atoms with van der Waals surface area (Å²) in [6, 6.07) is 11.9. The average molecular weight is 454 g/mol. The van der Waals surface area contributed by atoms with E-state index in [2.05, 4.69) is 11.4 Å². The van der Waals surface area contributed by atoms with E-state index in [1.807, 2.05) is 44.2 Å². The van der Waals surface area contributed by atoms with Gasteiger partial charge in [-0.25, -0.2) is 0 Å². The van der Waals surface area contributed by atoms with Crippen molar-refractivity contribution in [1.82, 2.24) is 0 Å². The predicted octanol–water partition coefficient (Wildman–Crippen LogP) is 3.21. The number of methoxy groups -OCH3 is 2. The largest absolute Gasteiger partial charge is 0.497 e. The van der Waals surface area contributed by atoms with Gasteiger partial charge in [0.15, 0.2) is 6.54 Å². The van der Waals surface area contributed by atoms with Crippen LogP contribution in [0.25, 0.3) is 0 Å². The SMILES string of the molecule is COc1ccc(OC)c([C@@H]2[C@H]3CCCC[C@@]3(O)CC[NH+]2CC(=O)Nc2ccc(C)cc2C)c1. The molecule has 1 aliphatic heterocycles. The molecule has 6 nitrogen and oxygen atoms in total. The number of fused-ring (bicyclic) bond motifs is 1. The maximum Gasteiger partial charge on any atom is 0.279 e. The molecule has 2 aromatic carbocycles. The molecule has 3 N–H and O–H groups in total. The third kappa shape index (κ3) is 4.87. The zero-order chi connectivity index (χ0) is 23.6. The Morgan fingerprint density at radius 1 is 1.12 bits per heavy atom. The van der Waals surface area contributed by atoms with Crippen molar-refractivity contribution in [2.45, 2.75) is 57.6 Å². The van der Waals surface area contributed by atoms with E-state index in [0.717, 1.165) is 60.5 Å². The van der Waals surface area contributed by atoms with Gasteiger partial charge in [0.2, 0.25) is 0 Å². The maximum atomic E-state index is 13.2. The number of carbonyl (C=O) groups is 1. The minimum atomic E-state index is -0.690. The lowest BCUT2D eigenvalue weighted by atomic mass is 9.66. The van der Waals surface area contributed by atoms with E-state index >= 15 is 0 Å². The number of aliphatic hydroxyl groups is 1. The molecular formula is C27H37N2O4+. The highest BCUT2D eigenvalue weighted by atomic mass is 16.5. The molecule has 6 heteroatoms. The second-order valence-corrected chi connectivity index (χ2v) is 9.74. The molecule has 2 fully saturated rings. The number of carbonyl (C=O) groups excluding carboxylic acids is 1. The molecule has 4 atom stereocenters. The first-order valence-electron chi connectivity index (χ1n) is 12.0. The smallest absolute Gasteiger partial charge is 0.279 e. The Balaban J connectivity index is 1.65. The number of aryl methyl sites for hydroxylation is 2. The molecule has 2 aromatic rings. The van der Waals surface area contributed by atoms with Gasteiger partial charge in [0.1, 0.15) is 17.5 Å². The van der Waals surface area contributed by atoms with Crippen molar-refractivity contribution in [1.29, 1.82) is 0 Å². The molecule has 0 spiro atoms. The van der Waals surface area contributed by atoms with E-state index in [9.17, 15) is 9.90 Å². The Labute approximate surface area is 196 Å². The summed E-state index contributed by atoms with van der Waals surface area (Å²) in [4.78, 5) is 14.3. The normalized spacial score (nSPS) is 26.9. The number of anilines is 1. The van der Waals surface area contributed by atoms with Crippen LogP contribution >= 0.6 is 0 Å². The zero-order valence-electron chi connectivity index (χ0n) is 20.2. The number of hydrogen-bond acceptors (Lipinski definition) is 4. The lowest BCUT2D eigenvalue weighted by Gasteiger charge is -2.50. The average Bonchev–Trinajstić information content (AvgIpc) is 2.80. The van der Waals surface area contributed by atoms with Crippen LogP contribution in [-0.4, -0.2) is 43.9 Å². The molecule has 33 heavy (non-hydrogen) atoms. The molecule has 1 saturated carbocycles. The van der Waals surface area contributed by atoms with Crippen LogP contribution in [0.5, 0.6) is 11.5 Å². The Morgan fingerprint density at radius 2 is 1.94 bits per heavy atom. The Kier molecular flexibility index (Phi) is 6.96. The van der Waals surface area contributed by atoms with Gasteiger partial charge in [0.05, 0.1) is 31.9 Å². The zero-order valence-corrected chi connectivity index (χ0v) is 20.2. The fourth-order valence-corrected chi connectivity index (χ4v) is 5.93. The molecule has 1 unspecified atom stereocenters. The van der Waals surface area contributed by atoms with E-state index in [4.69, 9.17) is 9.47 Å². The molecular weight excluding hydrogens is 416 g/mol. The van der Waals surface area contributed by atoms with Gasteiger partial charge < -0.3 is 24.8 Å². The third-order valence-corrected chi connectivity index (χ3v) is 7.60. The van der Waals surface area contributed by atoms with Crippen molar-refractivity contribution in [3.63, 3.8) is 0 Å². The van der Waals surface area contributed by atoms with Gasteiger partial charge in [-0.3, -0.25) is 4.79 Å². The molecule has 0 bridgehead atoms. The van der Waals surface area contributed by atoms with Crippen LogP contribution in [0.15, 0.2) is 36.4 Å². The summed E-state index contributed by atoms with van der Waals surface area (Å²) in [6.45, 7) is 5.14. The van der Waals surface area contributed by atoms with Crippen molar-refractivity contribution in [3.8, 4) is 11.5 Å². The monoisotopic (exact) mass is 453 g/mol. The second-order valence-electron chi connectivity index (χ2n) is 9.74. The highest BCUT2D eigenvalue weighted by Gasteiger charge is 2.52. The van der Waals surface area contributed by atoms with Gasteiger partial charge in [-0.2, -0.15) is 0 Å². The van der Waals surface area contributed by atoms with Gasteiger partial charge in [-0.15, -0.1) is 0 Å². The molecule has 0 aromatic heterocycles. The van der Waals surface area contributed by atoms with Gasteiger partial charge in [0, 0.05) is 18.0 Å². The molecule has 2 aliphatic rings. The fraction of sp³-hybridized carbons (Fsp3) is 0.519. The van der Waals surface area contributed by atoms with Crippen LogP contribution < -0.4 is 19.7 Å². The van der Waals surface area contributed by atoms with Crippen LogP contribution in [-0.2, 0) is 4.79 Å². The van der Waals surface area contributed by atoms with Gasteiger partial charge >= 0.3 is 0 Å². The number of nitrogens with one attached hydrogen (secondary N) is 2. The molecule has 178 valence electrons. The van der Waals surface area contributed by atoms with Crippen molar-refractivity contribution in [2.24, 2.45) is 5.92 Å². The fourth-order valence-electron chi connectivity index (χ4n) is 5.93. The van der Waals surface area contributed by atoms with Crippen LogP contribution in [0.2, 0.25) is 0 Å². The van der Waals surface area contributed by atoms with Gasteiger partial charge in [-0.1, -0.05) is 30.5 Å². The molecule has 1 saturated heterocycles. The minimum Gasteiger partial charge on any atom is -0.497 e. The summed E-state index contributed by atoms with van der Waals surface area (Å²) >= 11 is 0. The predicted molar refractivity (Wildman–Crippen MR) is 129 cm³/mol. The van der Waals surface area contributed by atoms with E-state index in [1.54, 1.807) is 14.2 Å². The van der Waals surface area contributed by atoms with Crippen LogP contribution in [0.1, 0.15) is 54.8 Å². The Morgan fingerprint density at radius 3 is 2.67 bits per heavy atom. The first-order valence-corrected chi connectivity index (χ1v) is 12.0. The summed E-state index contributed by atoms with van der Waals surface area (Å²) in [5.41, 5.74) is 3.41. The van der Waals surface area contributed by atoms with Crippen LogP contribution in [0, 0.1) is 19.8 Å². The van der Waals surface area contributed by atoms with Gasteiger partial charge in [0.25, 0.3) is 5.91 Å². The number of likely N-dealkylation sites (tertiary alicyclic amines) is 1. The number of benzene rings is 2. The standard InChI is InChI=1S/C27H36N2O4/c1-18-8-10-23(19(2)15-18)28-25(30)17-29-14-13-27(31)12-6-5-7-22(27)26(29)21-16-20(32-3)9-11-24(21)33-4/h8-11,15-16,22,26,31H,5-7,12-14,17H2,1-4H3,(H,28,30)/p+1/t22-,26-,27-/m1/s1. The first-order chi connectivity index (χ1) is 15.8. The first kappa shape index (κ1) is 23.6. The summed E-state index contributed by atoms with van der Waals surface area (Å²) < 4.78 is 11.3. The molecule has 4 rings (SSSR count). The van der Waals surface area contributed by atoms with Crippen molar-refractivity contribution in [2.75, 3.05) is 32.6 Å². The number of piperidine rings is 1. The number of hydrogen-bond donors (Lipinski definition) is 3.